The van der Waals surface area contributed by atoms with Crippen LogP contribution in [0, 0.1) is 0 Å². The van der Waals surface area contributed by atoms with Crippen LogP contribution in [0.25, 0.3) is 22.4 Å². The zero-order valence-corrected chi connectivity index (χ0v) is 14.2. The zero-order chi connectivity index (χ0) is 17.6. The minimum Gasteiger partial charge on any atom is -0.450 e. The molecule has 4 rings (SSSR count). The van der Waals surface area contributed by atoms with Gasteiger partial charge in [0, 0.05) is 33.9 Å². The van der Waals surface area contributed by atoms with Gasteiger partial charge in [-0.05, 0) is 30.3 Å². The van der Waals surface area contributed by atoms with Gasteiger partial charge in [0.1, 0.15) is 11.4 Å². The van der Waals surface area contributed by atoms with Gasteiger partial charge in [0.25, 0.3) is 0 Å². The van der Waals surface area contributed by atoms with E-state index in [1.165, 1.54) is 6.07 Å². The number of halogens is 2. The van der Waals surface area contributed by atoms with E-state index < -0.39 is 5.78 Å². The zero-order valence-electron chi connectivity index (χ0n) is 12.7. The van der Waals surface area contributed by atoms with Crippen molar-refractivity contribution in [1.82, 2.24) is 9.97 Å². The van der Waals surface area contributed by atoms with Gasteiger partial charge in [0.15, 0.2) is 5.76 Å². The Kier molecular flexibility index (Phi) is 3.75. The number of imidazole rings is 1. The van der Waals surface area contributed by atoms with Crippen molar-refractivity contribution in [2.45, 2.75) is 0 Å². The Balaban J connectivity index is 1.82. The van der Waals surface area contributed by atoms with E-state index in [1.807, 2.05) is 6.07 Å². The first-order valence-corrected chi connectivity index (χ1v) is 8.11. The van der Waals surface area contributed by atoms with Gasteiger partial charge in [0.05, 0.1) is 10.7 Å². The second-order valence-corrected chi connectivity index (χ2v) is 6.29. The van der Waals surface area contributed by atoms with Crippen LogP contribution in [0.4, 0.5) is 5.69 Å². The van der Waals surface area contributed by atoms with Crippen LogP contribution in [-0.2, 0) is 0 Å². The Morgan fingerprint density at radius 3 is 2.72 bits per heavy atom. The Morgan fingerprint density at radius 1 is 1.16 bits per heavy atom. The summed E-state index contributed by atoms with van der Waals surface area (Å²) in [5.41, 5.74) is 8.00. The molecule has 2 heterocycles. The predicted molar refractivity (Wildman–Crippen MR) is 98.1 cm³/mol. The van der Waals surface area contributed by atoms with Gasteiger partial charge >= 0.3 is 0 Å². The molecule has 4 aromatic rings. The number of benzene rings is 2. The van der Waals surface area contributed by atoms with Crippen molar-refractivity contribution in [2.75, 3.05) is 5.73 Å². The van der Waals surface area contributed by atoms with Crippen molar-refractivity contribution in [3.05, 3.63) is 70.2 Å². The number of hydrogen-bond acceptors (Lipinski definition) is 4. The van der Waals surface area contributed by atoms with Gasteiger partial charge in [-0.25, -0.2) is 4.98 Å². The molecule has 3 N–H and O–H groups in total. The molecule has 0 radical (unpaired) electrons. The summed E-state index contributed by atoms with van der Waals surface area (Å²) in [6.07, 6.45) is 3.39. The van der Waals surface area contributed by atoms with Crippen LogP contribution in [0.3, 0.4) is 0 Å². The number of aromatic nitrogens is 2. The molecule has 0 aliphatic heterocycles. The normalized spacial score (nSPS) is 11.1. The molecule has 0 atom stereocenters. The molecular formula is C18H11Cl2N3O2. The first-order valence-electron chi connectivity index (χ1n) is 7.36. The number of nitrogens with zero attached hydrogens (tertiary/aromatic N) is 1. The van der Waals surface area contributed by atoms with Gasteiger partial charge in [-0.15, -0.1) is 0 Å². The lowest BCUT2D eigenvalue weighted by Gasteiger charge is -2.02. The minimum absolute atomic E-state index is 0.0517. The molecule has 0 amide bonds. The van der Waals surface area contributed by atoms with Crippen molar-refractivity contribution >= 4 is 45.6 Å². The predicted octanol–water partition coefficient (Wildman–Crippen LogP) is 4.94. The topological polar surface area (TPSA) is 84.9 Å². The summed E-state index contributed by atoms with van der Waals surface area (Å²) in [5.74, 6) is 0.358. The molecule has 2 aromatic carbocycles. The number of aromatic amines is 1. The minimum atomic E-state index is -0.394. The maximum Gasteiger partial charge on any atom is 0.231 e. The summed E-state index contributed by atoms with van der Waals surface area (Å²) < 4.78 is 5.73. The molecule has 0 bridgehead atoms. The summed E-state index contributed by atoms with van der Waals surface area (Å²) in [5, 5.41) is 1.35. The number of fused-ring (bicyclic) bond motifs is 1. The number of H-pyrrole nitrogens is 1. The molecule has 124 valence electrons. The second-order valence-electron chi connectivity index (χ2n) is 5.45. The second kappa shape index (κ2) is 5.95. The van der Waals surface area contributed by atoms with Crippen LogP contribution >= 0.6 is 23.2 Å². The number of rotatable bonds is 3. The molecule has 0 fully saturated rings. The lowest BCUT2D eigenvalue weighted by Crippen LogP contribution is -2.03. The SMILES string of the molecule is Nc1c(C(=O)c2ccc(Cl)cc2Cl)oc2cc(-c3ncc[nH]3)ccc12. The first-order chi connectivity index (χ1) is 12.0. The number of ketones is 1. The quantitative estimate of drug-likeness (QED) is 0.499. The van der Waals surface area contributed by atoms with Crippen molar-refractivity contribution in [3.8, 4) is 11.4 Å². The standard InChI is InChI=1S/C18H11Cl2N3O2/c19-10-2-4-11(13(20)8-10)16(24)17-15(21)12-3-1-9(7-14(12)25-17)18-22-5-6-23-18/h1-8H,21H2,(H,22,23). The van der Waals surface area contributed by atoms with Gasteiger partial charge in [-0.2, -0.15) is 0 Å². The lowest BCUT2D eigenvalue weighted by atomic mass is 10.1. The lowest BCUT2D eigenvalue weighted by molar-refractivity contribution is 0.101. The average molecular weight is 372 g/mol. The maximum atomic E-state index is 12.8. The smallest absolute Gasteiger partial charge is 0.231 e. The van der Waals surface area contributed by atoms with Crippen LogP contribution < -0.4 is 5.73 Å². The summed E-state index contributed by atoms with van der Waals surface area (Å²) in [6, 6.07) is 10.1. The number of hydrogen-bond donors (Lipinski definition) is 2. The number of furan rings is 1. The fourth-order valence-corrected chi connectivity index (χ4v) is 3.15. The summed E-state index contributed by atoms with van der Waals surface area (Å²) in [7, 11) is 0. The molecule has 0 aliphatic carbocycles. The molecule has 0 unspecified atom stereocenters. The van der Waals surface area contributed by atoms with Crippen molar-refractivity contribution in [3.63, 3.8) is 0 Å². The fraction of sp³-hybridized carbons (Fsp3) is 0. The Bertz CT molecular complexity index is 1100. The summed E-state index contributed by atoms with van der Waals surface area (Å²) in [6.45, 7) is 0. The Morgan fingerprint density at radius 2 is 2.00 bits per heavy atom. The molecule has 2 aromatic heterocycles. The fourth-order valence-electron chi connectivity index (χ4n) is 2.65. The molecule has 0 saturated carbocycles. The third-order valence-corrected chi connectivity index (χ3v) is 4.43. The molecule has 0 saturated heterocycles. The number of carbonyl (C=O) groups excluding carboxylic acids is 1. The van der Waals surface area contributed by atoms with Gasteiger partial charge in [0.2, 0.25) is 5.78 Å². The van der Waals surface area contributed by atoms with Crippen molar-refractivity contribution < 1.29 is 9.21 Å². The van der Waals surface area contributed by atoms with Crippen LogP contribution in [0.1, 0.15) is 16.1 Å². The highest BCUT2D eigenvalue weighted by molar-refractivity contribution is 6.37. The van der Waals surface area contributed by atoms with Gasteiger partial charge < -0.3 is 15.1 Å². The van der Waals surface area contributed by atoms with E-state index >= 15 is 0 Å². The molecule has 25 heavy (non-hydrogen) atoms. The number of anilines is 1. The van der Waals surface area contributed by atoms with Crippen molar-refractivity contribution in [2.24, 2.45) is 0 Å². The average Bonchev–Trinajstić information content (AvgIpc) is 3.22. The highest BCUT2D eigenvalue weighted by atomic mass is 35.5. The van der Waals surface area contributed by atoms with E-state index in [4.69, 9.17) is 33.4 Å². The Hall–Kier alpha value is -2.76. The van der Waals surface area contributed by atoms with E-state index in [-0.39, 0.29) is 22.0 Å². The highest BCUT2D eigenvalue weighted by Gasteiger charge is 2.22. The van der Waals surface area contributed by atoms with Crippen LogP contribution in [-0.4, -0.2) is 15.8 Å². The van der Waals surface area contributed by atoms with E-state index in [9.17, 15) is 4.79 Å². The summed E-state index contributed by atoms with van der Waals surface area (Å²) in [4.78, 5) is 20.0. The molecular weight excluding hydrogens is 361 g/mol. The summed E-state index contributed by atoms with van der Waals surface area (Å²) >= 11 is 12.0. The molecule has 7 heteroatoms. The third kappa shape index (κ3) is 2.67. The first kappa shape index (κ1) is 15.7. The van der Waals surface area contributed by atoms with Crippen LogP contribution in [0.5, 0.6) is 0 Å². The molecule has 0 spiro atoms. The molecule has 5 nitrogen and oxygen atoms in total. The number of nitrogen functional groups attached to an aromatic ring is 1. The van der Waals surface area contributed by atoms with E-state index in [2.05, 4.69) is 9.97 Å². The van der Waals surface area contributed by atoms with Gasteiger partial charge in [-0.1, -0.05) is 29.3 Å². The maximum absolute atomic E-state index is 12.8. The Labute approximate surface area is 152 Å². The number of nitrogens with one attached hydrogen (secondary N) is 1. The van der Waals surface area contributed by atoms with E-state index in [0.717, 1.165) is 5.56 Å². The third-order valence-electron chi connectivity index (χ3n) is 3.88. The van der Waals surface area contributed by atoms with Crippen molar-refractivity contribution in [1.29, 1.82) is 0 Å². The largest absolute Gasteiger partial charge is 0.450 e. The highest BCUT2D eigenvalue weighted by Crippen LogP contribution is 2.34. The van der Waals surface area contributed by atoms with Crippen LogP contribution in [0.2, 0.25) is 10.0 Å². The molecule has 0 aliphatic rings. The monoisotopic (exact) mass is 371 g/mol. The number of nitrogens with two attached hydrogens (primary N) is 1. The van der Waals surface area contributed by atoms with Crippen LogP contribution in [0.15, 0.2) is 53.2 Å². The van der Waals surface area contributed by atoms with E-state index in [0.29, 0.717) is 21.8 Å². The number of carbonyl (C=O) groups is 1. The van der Waals surface area contributed by atoms with E-state index in [1.54, 1.807) is 36.7 Å². The van der Waals surface area contributed by atoms with Gasteiger partial charge in [-0.3, -0.25) is 4.79 Å².